The molecule has 1 N–H and O–H groups in total. The number of piperidine rings is 1. The van der Waals surface area contributed by atoms with Crippen molar-refractivity contribution in [2.45, 2.75) is 43.4 Å². The first-order valence-electron chi connectivity index (χ1n) is 7.34. The molecule has 2 aliphatic rings. The van der Waals surface area contributed by atoms with E-state index in [1.165, 1.54) is 20.0 Å². The normalized spacial score (nSPS) is 31.1. The molecule has 3 rings (SSSR count). The Hall–Kier alpha value is -0.910. The van der Waals surface area contributed by atoms with E-state index in [1.807, 2.05) is 12.1 Å². The lowest BCUT2D eigenvalue weighted by atomic mass is 9.81. The number of hydrogen-bond donors (Lipinski definition) is 1. The maximum absolute atomic E-state index is 11.5. The van der Waals surface area contributed by atoms with Crippen molar-refractivity contribution < 1.29 is 14.3 Å². The molecule has 21 heavy (non-hydrogen) atoms. The molecule has 0 aromatic heterocycles. The van der Waals surface area contributed by atoms with Gasteiger partial charge in [-0.25, -0.2) is 4.79 Å². The molecule has 1 aromatic rings. The zero-order valence-electron chi connectivity index (χ0n) is 12.1. The second-order valence-corrected chi connectivity index (χ2v) is 6.83. The Labute approximate surface area is 133 Å². The van der Waals surface area contributed by atoms with Gasteiger partial charge < -0.3 is 14.8 Å². The molecule has 2 unspecified atom stereocenters. The second-order valence-electron chi connectivity index (χ2n) is 5.92. The highest BCUT2D eigenvalue weighted by molar-refractivity contribution is 9.10. The van der Waals surface area contributed by atoms with E-state index in [0.29, 0.717) is 12.1 Å². The number of carbonyl (C=O) groups excluding carboxylic acids is 1. The molecule has 0 amide bonds. The highest BCUT2D eigenvalue weighted by Gasteiger charge is 2.46. The van der Waals surface area contributed by atoms with Crippen LogP contribution in [0.2, 0.25) is 0 Å². The number of hydrogen-bond acceptors (Lipinski definition) is 4. The van der Waals surface area contributed by atoms with Crippen molar-refractivity contribution in [3.05, 3.63) is 34.3 Å². The summed E-state index contributed by atoms with van der Waals surface area (Å²) in [5, 5.41) is 3.62. The van der Waals surface area contributed by atoms with E-state index in [4.69, 9.17) is 9.47 Å². The molecule has 4 nitrogen and oxygen atoms in total. The number of nitrogens with one attached hydrogen (secondary N) is 1. The summed E-state index contributed by atoms with van der Waals surface area (Å²) in [5.41, 5.74) is 0.744. The third-order valence-corrected chi connectivity index (χ3v) is 5.03. The molecule has 114 valence electrons. The first-order chi connectivity index (χ1) is 10.1. The molecule has 0 spiro atoms. The molecule has 2 aliphatic heterocycles. The fourth-order valence-corrected chi connectivity index (χ4v) is 3.97. The highest BCUT2D eigenvalue weighted by atomic mass is 79.9. The molecule has 1 aromatic carbocycles. The molecular formula is C16H20BrNO3. The standard InChI is InChI=1S/C16H20BrNO3/c1-20-15(19)10-21-16(11-3-2-4-12(17)7-11)8-13-5-6-14(9-16)18-13/h2-4,7,13-14,18H,5-6,8-10H2,1H3. The van der Waals surface area contributed by atoms with Gasteiger partial charge in [-0.3, -0.25) is 0 Å². The summed E-state index contributed by atoms with van der Waals surface area (Å²) in [6, 6.07) is 9.16. The quantitative estimate of drug-likeness (QED) is 0.845. The lowest BCUT2D eigenvalue weighted by Gasteiger charge is -2.41. The molecule has 0 aliphatic carbocycles. The Morgan fingerprint density at radius 1 is 1.38 bits per heavy atom. The summed E-state index contributed by atoms with van der Waals surface area (Å²) in [5.74, 6) is -0.324. The van der Waals surface area contributed by atoms with E-state index in [0.717, 1.165) is 22.9 Å². The van der Waals surface area contributed by atoms with E-state index >= 15 is 0 Å². The van der Waals surface area contributed by atoms with Gasteiger partial charge >= 0.3 is 5.97 Å². The van der Waals surface area contributed by atoms with Crippen LogP contribution in [0.25, 0.3) is 0 Å². The summed E-state index contributed by atoms with van der Waals surface area (Å²) < 4.78 is 11.9. The minimum absolute atomic E-state index is 0.00243. The van der Waals surface area contributed by atoms with Gasteiger partial charge in [0.1, 0.15) is 6.61 Å². The number of esters is 1. The van der Waals surface area contributed by atoms with Gasteiger partial charge in [0.15, 0.2) is 0 Å². The lowest BCUT2D eigenvalue weighted by molar-refractivity contribution is -0.157. The highest BCUT2D eigenvalue weighted by Crippen LogP contribution is 2.44. The van der Waals surface area contributed by atoms with Crippen LogP contribution in [-0.4, -0.2) is 31.8 Å². The summed E-state index contributed by atoms with van der Waals surface area (Å²) in [7, 11) is 1.39. The van der Waals surface area contributed by atoms with Crippen LogP contribution in [0.3, 0.4) is 0 Å². The van der Waals surface area contributed by atoms with Crippen LogP contribution < -0.4 is 5.32 Å². The SMILES string of the molecule is COC(=O)COC1(c2cccc(Br)c2)CC2CCC(C1)N2. The van der Waals surface area contributed by atoms with Gasteiger partial charge in [0, 0.05) is 16.6 Å². The topological polar surface area (TPSA) is 47.6 Å². The molecule has 2 heterocycles. The van der Waals surface area contributed by atoms with E-state index in [-0.39, 0.29) is 12.6 Å². The molecular weight excluding hydrogens is 334 g/mol. The largest absolute Gasteiger partial charge is 0.467 e. The Bertz CT molecular complexity index is 522. The molecule has 2 saturated heterocycles. The average Bonchev–Trinajstić information content (AvgIpc) is 2.84. The Kier molecular flexibility index (Phi) is 4.33. The van der Waals surface area contributed by atoms with Crippen LogP contribution in [0.1, 0.15) is 31.2 Å². The van der Waals surface area contributed by atoms with Crippen molar-refractivity contribution in [1.29, 1.82) is 0 Å². The lowest BCUT2D eigenvalue weighted by Crippen LogP contribution is -2.48. The second kappa shape index (κ2) is 6.07. The smallest absolute Gasteiger partial charge is 0.331 e. The zero-order valence-corrected chi connectivity index (χ0v) is 13.7. The number of halogens is 1. The molecule has 0 radical (unpaired) electrons. The van der Waals surface area contributed by atoms with Gasteiger partial charge in [-0.05, 0) is 43.4 Å². The van der Waals surface area contributed by atoms with Crippen LogP contribution in [0.4, 0.5) is 0 Å². The molecule has 2 atom stereocenters. The summed E-state index contributed by atoms with van der Waals surface area (Å²) in [4.78, 5) is 11.5. The van der Waals surface area contributed by atoms with Gasteiger partial charge in [-0.15, -0.1) is 0 Å². The maximum Gasteiger partial charge on any atom is 0.331 e. The molecule has 2 bridgehead atoms. The van der Waals surface area contributed by atoms with E-state index in [1.54, 1.807) is 0 Å². The van der Waals surface area contributed by atoms with E-state index in [9.17, 15) is 4.79 Å². The number of methoxy groups -OCH3 is 1. The number of carbonyl (C=O) groups is 1. The third-order valence-electron chi connectivity index (χ3n) is 4.53. The number of rotatable bonds is 4. The van der Waals surface area contributed by atoms with E-state index in [2.05, 4.69) is 33.4 Å². The Morgan fingerprint density at radius 2 is 2.10 bits per heavy atom. The van der Waals surface area contributed by atoms with Crippen molar-refractivity contribution in [2.24, 2.45) is 0 Å². The van der Waals surface area contributed by atoms with Crippen molar-refractivity contribution in [3.8, 4) is 0 Å². The monoisotopic (exact) mass is 353 g/mol. The average molecular weight is 354 g/mol. The van der Waals surface area contributed by atoms with E-state index < -0.39 is 5.60 Å². The van der Waals surface area contributed by atoms with Crippen LogP contribution >= 0.6 is 15.9 Å². The fraction of sp³-hybridized carbons (Fsp3) is 0.562. The van der Waals surface area contributed by atoms with Crippen molar-refractivity contribution in [1.82, 2.24) is 5.32 Å². The summed E-state index contributed by atoms with van der Waals surface area (Å²) >= 11 is 3.53. The number of benzene rings is 1. The summed E-state index contributed by atoms with van der Waals surface area (Å²) in [6.07, 6.45) is 4.16. The first kappa shape index (κ1) is 15.0. The Morgan fingerprint density at radius 3 is 2.71 bits per heavy atom. The number of ether oxygens (including phenoxy) is 2. The predicted octanol–water partition coefficient (Wildman–Crippen LogP) is 2.75. The Balaban J connectivity index is 1.89. The molecule has 2 fully saturated rings. The van der Waals surface area contributed by atoms with Crippen molar-refractivity contribution in [2.75, 3.05) is 13.7 Å². The van der Waals surface area contributed by atoms with Crippen LogP contribution in [0.15, 0.2) is 28.7 Å². The van der Waals surface area contributed by atoms with Gasteiger partial charge in [-0.1, -0.05) is 28.1 Å². The van der Waals surface area contributed by atoms with Gasteiger partial charge in [0.2, 0.25) is 0 Å². The third kappa shape index (κ3) is 3.15. The van der Waals surface area contributed by atoms with Gasteiger partial charge in [-0.2, -0.15) is 0 Å². The van der Waals surface area contributed by atoms with Gasteiger partial charge in [0.05, 0.1) is 12.7 Å². The first-order valence-corrected chi connectivity index (χ1v) is 8.13. The number of fused-ring (bicyclic) bond motifs is 2. The predicted molar refractivity (Wildman–Crippen MR) is 83.0 cm³/mol. The molecule has 5 heteroatoms. The van der Waals surface area contributed by atoms with Crippen LogP contribution in [0.5, 0.6) is 0 Å². The fourth-order valence-electron chi connectivity index (χ4n) is 3.57. The molecule has 0 saturated carbocycles. The summed E-state index contributed by atoms with van der Waals surface area (Å²) in [6.45, 7) is 0.00243. The minimum Gasteiger partial charge on any atom is -0.467 e. The van der Waals surface area contributed by atoms with Gasteiger partial charge in [0.25, 0.3) is 0 Å². The van der Waals surface area contributed by atoms with Crippen molar-refractivity contribution in [3.63, 3.8) is 0 Å². The minimum atomic E-state index is -0.394. The van der Waals surface area contributed by atoms with Crippen molar-refractivity contribution >= 4 is 21.9 Å². The van der Waals surface area contributed by atoms with Crippen LogP contribution in [0, 0.1) is 0 Å². The zero-order chi connectivity index (χ0) is 14.9. The van der Waals surface area contributed by atoms with Crippen LogP contribution in [-0.2, 0) is 19.9 Å². The maximum atomic E-state index is 11.5.